The number of rotatable bonds is 7. The van der Waals surface area contributed by atoms with Crippen LogP contribution in [0.3, 0.4) is 0 Å². The summed E-state index contributed by atoms with van der Waals surface area (Å²) in [6.07, 6.45) is 5.78. The maximum atomic E-state index is 6.49. The van der Waals surface area contributed by atoms with Gasteiger partial charge in [0.05, 0.1) is 25.5 Å². The molecule has 30 heavy (non-hydrogen) atoms. The summed E-state index contributed by atoms with van der Waals surface area (Å²) in [5.74, 6) is 1.61. The van der Waals surface area contributed by atoms with Crippen LogP contribution in [-0.4, -0.2) is 37.2 Å². The van der Waals surface area contributed by atoms with Gasteiger partial charge in [-0.25, -0.2) is 0 Å². The third-order valence-corrected chi connectivity index (χ3v) is 6.25. The molecular weight excluding hydrogens is 378 g/mol. The van der Waals surface area contributed by atoms with Gasteiger partial charge in [0, 0.05) is 31.2 Å². The van der Waals surface area contributed by atoms with Gasteiger partial charge in [0.25, 0.3) is 0 Å². The maximum Gasteiger partial charge on any atom is 0.168 e. The predicted octanol–water partition coefficient (Wildman–Crippen LogP) is 4.70. The first kappa shape index (κ1) is 19.4. The van der Waals surface area contributed by atoms with Crippen molar-refractivity contribution in [3.63, 3.8) is 0 Å². The first-order valence-corrected chi connectivity index (χ1v) is 11.1. The van der Waals surface area contributed by atoms with Gasteiger partial charge < -0.3 is 19.0 Å². The van der Waals surface area contributed by atoms with E-state index in [0.29, 0.717) is 13.2 Å². The van der Waals surface area contributed by atoms with Crippen molar-refractivity contribution >= 4 is 5.71 Å². The lowest BCUT2D eigenvalue weighted by atomic mass is 9.93. The van der Waals surface area contributed by atoms with Crippen LogP contribution in [0.15, 0.2) is 47.6 Å². The van der Waals surface area contributed by atoms with E-state index < -0.39 is 0 Å². The summed E-state index contributed by atoms with van der Waals surface area (Å²) in [6.45, 7) is 4.22. The van der Waals surface area contributed by atoms with E-state index in [4.69, 9.17) is 19.0 Å². The van der Waals surface area contributed by atoms with Crippen molar-refractivity contribution in [3.05, 3.63) is 59.2 Å². The van der Waals surface area contributed by atoms with Crippen LogP contribution in [0.2, 0.25) is 0 Å². The van der Waals surface area contributed by atoms with Crippen molar-refractivity contribution in [3.8, 4) is 11.5 Å². The average Bonchev–Trinajstić information content (AvgIpc) is 3.49. The Hall–Kier alpha value is -2.53. The number of ether oxygens (including phenoxy) is 3. The van der Waals surface area contributed by atoms with Gasteiger partial charge in [0.2, 0.25) is 0 Å². The zero-order valence-corrected chi connectivity index (χ0v) is 17.6. The van der Waals surface area contributed by atoms with Gasteiger partial charge in [-0.1, -0.05) is 42.8 Å². The summed E-state index contributed by atoms with van der Waals surface area (Å²) in [5.41, 5.74) is 4.47. The lowest BCUT2D eigenvalue weighted by Crippen LogP contribution is -2.29. The summed E-state index contributed by atoms with van der Waals surface area (Å²) < 4.78 is 18.1. The van der Waals surface area contributed by atoms with Gasteiger partial charge >= 0.3 is 0 Å². The van der Waals surface area contributed by atoms with E-state index in [1.165, 1.54) is 11.1 Å². The molecule has 1 saturated heterocycles. The molecule has 2 aliphatic heterocycles. The molecule has 1 aliphatic carbocycles. The minimum atomic E-state index is -0.278. The molecule has 0 bridgehead atoms. The fourth-order valence-electron chi connectivity index (χ4n) is 4.48. The zero-order chi connectivity index (χ0) is 20.4. The average molecular weight is 408 g/mol. The highest BCUT2D eigenvalue weighted by Crippen LogP contribution is 2.37. The number of nitrogens with zero attached hydrogens (tertiary/aromatic N) is 1. The van der Waals surface area contributed by atoms with Gasteiger partial charge in [-0.15, -0.1) is 0 Å². The van der Waals surface area contributed by atoms with Crippen LogP contribution in [0.25, 0.3) is 0 Å². The quantitative estimate of drug-likeness (QED) is 0.625. The van der Waals surface area contributed by atoms with Crippen molar-refractivity contribution in [2.24, 2.45) is 5.16 Å². The predicted molar refractivity (Wildman–Crippen MR) is 116 cm³/mol. The van der Waals surface area contributed by atoms with Gasteiger partial charge in [-0.05, 0) is 35.7 Å². The third kappa shape index (κ3) is 3.91. The van der Waals surface area contributed by atoms with Crippen molar-refractivity contribution in [2.75, 3.05) is 19.8 Å². The molecule has 5 rings (SSSR count). The van der Waals surface area contributed by atoms with E-state index in [2.05, 4.69) is 48.5 Å². The summed E-state index contributed by atoms with van der Waals surface area (Å²) in [4.78, 5) is 5.78. The molecule has 1 atom stereocenters. The molecule has 5 heteroatoms. The highest BCUT2D eigenvalue weighted by molar-refractivity contribution is 6.02. The highest BCUT2D eigenvalue weighted by Gasteiger charge is 2.43. The van der Waals surface area contributed by atoms with Crippen LogP contribution in [-0.2, 0) is 22.4 Å². The SMILES string of the molecule is CCCCOc1ccc(C2=NOC3(CCOC3)C2)cc1OC1Cc2ccccc2C1. The topological polar surface area (TPSA) is 49.3 Å². The summed E-state index contributed by atoms with van der Waals surface area (Å²) in [6, 6.07) is 14.7. The molecule has 0 aromatic heterocycles. The fourth-order valence-corrected chi connectivity index (χ4v) is 4.48. The molecule has 1 unspecified atom stereocenters. The Kier molecular flexibility index (Phi) is 5.38. The Morgan fingerprint density at radius 1 is 1.10 bits per heavy atom. The van der Waals surface area contributed by atoms with Crippen LogP contribution in [0.5, 0.6) is 11.5 Å². The molecule has 5 nitrogen and oxygen atoms in total. The molecule has 1 spiro atoms. The summed E-state index contributed by atoms with van der Waals surface area (Å²) >= 11 is 0. The second-order valence-corrected chi connectivity index (χ2v) is 8.57. The molecule has 158 valence electrons. The number of benzene rings is 2. The van der Waals surface area contributed by atoms with Crippen molar-refractivity contribution in [1.29, 1.82) is 0 Å². The fraction of sp³-hybridized carbons (Fsp3) is 0.480. The standard InChI is InChI=1S/C25H29NO4/c1-2-3-11-28-23-9-8-20(22-16-25(30-26-22)10-12-27-17-25)15-24(23)29-21-13-18-6-4-5-7-19(18)14-21/h4-9,15,21H,2-3,10-14,16-17H2,1H3. The highest BCUT2D eigenvalue weighted by atomic mass is 16.7. The van der Waals surface area contributed by atoms with E-state index in [1.807, 2.05) is 6.07 Å². The zero-order valence-electron chi connectivity index (χ0n) is 17.6. The molecule has 0 radical (unpaired) electrons. The first-order valence-electron chi connectivity index (χ1n) is 11.1. The minimum Gasteiger partial charge on any atom is -0.490 e. The molecule has 1 fully saturated rings. The normalized spacial score (nSPS) is 22.8. The summed E-state index contributed by atoms with van der Waals surface area (Å²) in [7, 11) is 0. The second-order valence-electron chi connectivity index (χ2n) is 8.57. The van der Waals surface area contributed by atoms with E-state index in [0.717, 1.165) is 67.9 Å². The molecule has 0 saturated carbocycles. The Morgan fingerprint density at radius 2 is 1.93 bits per heavy atom. The Bertz CT molecular complexity index is 907. The van der Waals surface area contributed by atoms with Crippen LogP contribution in [0.1, 0.15) is 49.3 Å². The van der Waals surface area contributed by atoms with Crippen LogP contribution in [0, 0.1) is 0 Å². The van der Waals surface area contributed by atoms with E-state index in [1.54, 1.807) is 0 Å². The van der Waals surface area contributed by atoms with Crippen molar-refractivity contribution in [1.82, 2.24) is 0 Å². The Labute approximate surface area is 178 Å². The molecule has 2 heterocycles. The molecule has 0 amide bonds. The smallest absolute Gasteiger partial charge is 0.168 e. The van der Waals surface area contributed by atoms with Gasteiger partial charge in [0.15, 0.2) is 17.1 Å². The number of hydrogen-bond acceptors (Lipinski definition) is 5. The third-order valence-electron chi connectivity index (χ3n) is 6.25. The lowest BCUT2D eigenvalue weighted by molar-refractivity contribution is -0.0237. The van der Waals surface area contributed by atoms with Crippen LogP contribution >= 0.6 is 0 Å². The molecule has 2 aromatic carbocycles. The minimum absolute atomic E-state index is 0.127. The van der Waals surface area contributed by atoms with Gasteiger partial charge in [-0.2, -0.15) is 0 Å². The first-order chi connectivity index (χ1) is 14.7. The number of fused-ring (bicyclic) bond motifs is 1. The second kappa shape index (κ2) is 8.31. The maximum absolute atomic E-state index is 6.49. The van der Waals surface area contributed by atoms with E-state index >= 15 is 0 Å². The molecule has 3 aliphatic rings. The number of oxime groups is 1. The Balaban J connectivity index is 1.35. The number of hydrogen-bond donors (Lipinski definition) is 0. The lowest BCUT2D eigenvalue weighted by Gasteiger charge is -2.19. The monoisotopic (exact) mass is 407 g/mol. The molecule has 2 aromatic rings. The largest absolute Gasteiger partial charge is 0.490 e. The van der Waals surface area contributed by atoms with Gasteiger partial charge in [0.1, 0.15) is 6.10 Å². The van der Waals surface area contributed by atoms with Crippen molar-refractivity contribution < 1.29 is 19.0 Å². The van der Waals surface area contributed by atoms with Crippen molar-refractivity contribution in [2.45, 2.75) is 57.2 Å². The van der Waals surface area contributed by atoms with Gasteiger partial charge in [-0.3, -0.25) is 0 Å². The van der Waals surface area contributed by atoms with E-state index in [-0.39, 0.29) is 11.7 Å². The summed E-state index contributed by atoms with van der Waals surface area (Å²) in [5, 5.41) is 4.39. The Morgan fingerprint density at radius 3 is 2.67 bits per heavy atom. The number of unbranched alkanes of at least 4 members (excludes halogenated alkanes) is 1. The van der Waals surface area contributed by atoms with Crippen LogP contribution in [0.4, 0.5) is 0 Å². The van der Waals surface area contributed by atoms with Crippen LogP contribution < -0.4 is 9.47 Å². The molecular formula is C25H29NO4. The molecule has 0 N–H and O–H groups in total. The van der Waals surface area contributed by atoms with E-state index in [9.17, 15) is 0 Å².